The predicted octanol–water partition coefficient (Wildman–Crippen LogP) is -0.163. The van der Waals surface area contributed by atoms with Gasteiger partial charge in [0.2, 0.25) is 0 Å². The fraction of sp³-hybridized carbons (Fsp3) is 0. The van der Waals surface area contributed by atoms with Gasteiger partial charge in [0.15, 0.2) is 0 Å². The van der Waals surface area contributed by atoms with E-state index in [0.717, 1.165) is 0 Å². The summed E-state index contributed by atoms with van der Waals surface area (Å²) < 4.78 is 0. The van der Waals surface area contributed by atoms with E-state index in [0.29, 0.717) is 0 Å². The molecule has 0 aromatic rings. The third-order valence-electron chi connectivity index (χ3n) is 0. The molecule has 0 fully saturated rings. The second-order valence-corrected chi connectivity index (χ2v) is 0. The Kier molecular flexibility index (Phi) is 110. The van der Waals surface area contributed by atoms with Gasteiger partial charge in [-0.1, -0.05) is 0 Å². The Morgan fingerprint density at radius 1 is 1.25 bits per heavy atom. The molecule has 0 aromatic heterocycles. The van der Waals surface area contributed by atoms with Gasteiger partial charge in [-0.15, -0.1) is 0 Å². The Balaban J connectivity index is 0. The van der Waals surface area contributed by atoms with Gasteiger partial charge >= 0.3 is 37.7 Å². The summed E-state index contributed by atoms with van der Waals surface area (Å²) >= 11 is 0. The van der Waals surface area contributed by atoms with Crippen molar-refractivity contribution in [3.05, 3.63) is 0 Å². The van der Waals surface area contributed by atoms with Crippen molar-refractivity contribution in [2.75, 3.05) is 0 Å². The van der Waals surface area contributed by atoms with Gasteiger partial charge in [0.05, 0.1) is 0 Å². The van der Waals surface area contributed by atoms with Gasteiger partial charge in [0.25, 0.3) is 0 Å². The van der Waals surface area contributed by atoms with Crippen LogP contribution >= 0.6 is 0 Å². The molecule has 0 heterocycles. The van der Waals surface area contributed by atoms with E-state index in [2.05, 4.69) is 0 Å². The normalized spacial score (nSPS) is 0. The second kappa shape index (κ2) is 16.3. The average molecular weight is 373 g/mol. The number of hydrogen-bond donors (Lipinski definition) is 0. The van der Waals surface area contributed by atoms with Gasteiger partial charge in [-0.05, 0) is 0 Å². The first-order valence-electron chi connectivity index (χ1n) is 0. The Hall–Kier alpha value is 3.22. The van der Waals surface area contributed by atoms with Crippen LogP contribution in [0.1, 0.15) is 2.85 Å². The summed E-state index contributed by atoms with van der Waals surface area (Å²) in [7, 11) is 0. The fourth-order valence-electron chi connectivity index (χ4n) is 0. The van der Waals surface area contributed by atoms with E-state index in [1.54, 1.807) is 0 Å². The van der Waals surface area contributed by atoms with E-state index >= 15 is 0 Å². The van der Waals surface area contributed by atoms with Crippen LogP contribution in [-0.2, 0) is 60.7 Å². The van der Waals surface area contributed by atoms with E-state index in [9.17, 15) is 0 Å². The first kappa shape index (κ1) is 26.9. The van der Waals surface area contributed by atoms with Gasteiger partial charge in [0, 0.05) is 60.7 Å². The molecule has 0 spiro atoms. The van der Waals surface area contributed by atoms with E-state index in [1.807, 2.05) is 0 Å². The van der Waals surface area contributed by atoms with Gasteiger partial charge in [-0.25, -0.2) is 0 Å². The van der Waals surface area contributed by atoms with Crippen LogP contribution in [0.15, 0.2) is 0 Å². The molecule has 0 bridgehead atoms. The molecule has 1 radical (unpaired) electrons. The molecular formula is H2CaMoVW. The van der Waals surface area contributed by atoms with Crippen molar-refractivity contribution in [2.24, 2.45) is 0 Å². The minimum absolute atomic E-state index is 0. The first-order valence-corrected chi connectivity index (χ1v) is 0. The Bertz CT molecular complexity index is 13.5. The molecule has 0 amide bonds. The molecule has 0 rings (SSSR count). The number of rotatable bonds is 0. The van der Waals surface area contributed by atoms with Crippen LogP contribution in [0.4, 0.5) is 0 Å². The van der Waals surface area contributed by atoms with Crippen LogP contribution in [0.3, 0.4) is 0 Å². The van der Waals surface area contributed by atoms with Gasteiger partial charge in [0.1, 0.15) is 0 Å². The third kappa shape index (κ3) is 8.97. The maximum atomic E-state index is 0. The maximum Gasteiger partial charge on any atom is 2.00 e. The summed E-state index contributed by atoms with van der Waals surface area (Å²) in [6.07, 6.45) is 0. The Labute approximate surface area is 99.2 Å². The molecule has 4 heavy (non-hydrogen) atoms. The molecule has 0 atom stereocenters. The Morgan fingerprint density at radius 2 is 1.25 bits per heavy atom. The van der Waals surface area contributed by atoms with Crippen molar-refractivity contribution < 1.29 is 63.5 Å². The topological polar surface area (TPSA) is 0 Å². The zero-order valence-electron chi connectivity index (χ0n) is 3.97. The van der Waals surface area contributed by atoms with Crippen LogP contribution in [0.25, 0.3) is 0 Å². The molecule has 0 aliphatic heterocycles. The summed E-state index contributed by atoms with van der Waals surface area (Å²) in [6, 6.07) is 0. The molecular weight excluding hydrogens is 371 g/mol. The summed E-state index contributed by atoms with van der Waals surface area (Å²) in [5.41, 5.74) is 0. The average Bonchev–Trinajstić information content (AvgIpc) is 0. The SMILES string of the molecule is [Ca+2].[H-].[H-].[Mo].[V].[W]. The van der Waals surface area contributed by atoms with Crippen LogP contribution in [0.2, 0.25) is 0 Å². The van der Waals surface area contributed by atoms with Crippen LogP contribution in [0.5, 0.6) is 0 Å². The van der Waals surface area contributed by atoms with Crippen molar-refractivity contribution in [2.45, 2.75) is 0 Å². The molecule has 0 unspecified atom stereocenters. The molecule has 4 heteroatoms. The van der Waals surface area contributed by atoms with Crippen LogP contribution < -0.4 is 0 Å². The predicted molar refractivity (Wildman–Crippen MR) is 7.98 cm³/mol. The summed E-state index contributed by atoms with van der Waals surface area (Å²) in [4.78, 5) is 0. The monoisotopic (exact) mass is 375 g/mol. The van der Waals surface area contributed by atoms with Gasteiger partial charge in [-0.3, -0.25) is 0 Å². The molecule has 0 saturated heterocycles. The van der Waals surface area contributed by atoms with Crippen molar-refractivity contribution in [1.82, 2.24) is 0 Å². The molecule has 0 aliphatic carbocycles. The van der Waals surface area contributed by atoms with Crippen molar-refractivity contribution >= 4 is 37.7 Å². The Morgan fingerprint density at radius 3 is 1.25 bits per heavy atom. The summed E-state index contributed by atoms with van der Waals surface area (Å²) in [5.74, 6) is 0. The van der Waals surface area contributed by atoms with Crippen molar-refractivity contribution in [1.29, 1.82) is 0 Å². The van der Waals surface area contributed by atoms with E-state index in [4.69, 9.17) is 0 Å². The van der Waals surface area contributed by atoms with E-state index < -0.39 is 0 Å². The molecule has 0 N–H and O–H groups in total. The van der Waals surface area contributed by atoms with Gasteiger partial charge < -0.3 is 2.85 Å². The van der Waals surface area contributed by atoms with Crippen LogP contribution in [0, 0.1) is 0 Å². The first-order chi connectivity index (χ1) is 0. The fourth-order valence-corrected chi connectivity index (χ4v) is 0. The molecule has 0 aliphatic rings. The van der Waals surface area contributed by atoms with Gasteiger partial charge in [-0.2, -0.15) is 0 Å². The standard InChI is InChI=1S/Ca.Mo.V.W.2H/q+2;;;;2*-1. The smallest absolute Gasteiger partial charge is 1.00 e. The number of hydrogen-bond acceptors (Lipinski definition) is 0. The van der Waals surface area contributed by atoms with E-state index in [1.165, 1.54) is 0 Å². The largest absolute Gasteiger partial charge is 2.00 e. The van der Waals surface area contributed by atoms with Crippen molar-refractivity contribution in [3.8, 4) is 0 Å². The molecule has 21 valence electrons. The zero-order valence-corrected chi connectivity index (χ0v) is 10.5. The van der Waals surface area contributed by atoms with Crippen LogP contribution in [-0.4, -0.2) is 37.7 Å². The molecule has 0 aromatic carbocycles. The summed E-state index contributed by atoms with van der Waals surface area (Å²) in [5, 5.41) is 0. The van der Waals surface area contributed by atoms with E-state index in [-0.39, 0.29) is 101 Å². The quantitative estimate of drug-likeness (QED) is 0.518. The molecule has 0 nitrogen and oxygen atoms in total. The minimum atomic E-state index is 0. The second-order valence-electron chi connectivity index (χ2n) is 0. The van der Waals surface area contributed by atoms with Crippen molar-refractivity contribution in [3.63, 3.8) is 0 Å². The minimum Gasteiger partial charge on any atom is -1.00 e. The zero-order chi connectivity index (χ0) is 0. The third-order valence-corrected chi connectivity index (χ3v) is 0. The molecule has 0 saturated carbocycles. The summed E-state index contributed by atoms with van der Waals surface area (Å²) in [6.45, 7) is 0. The maximum absolute atomic E-state index is 0.